The maximum absolute atomic E-state index is 2.37. The van der Waals surface area contributed by atoms with Crippen LogP contribution in [-0.4, -0.2) is 0 Å². The molecule has 0 aromatic heterocycles. The molecule has 0 heterocycles. The van der Waals surface area contributed by atoms with Gasteiger partial charge in [-0.2, -0.15) is 0 Å². The van der Waals surface area contributed by atoms with Gasteiger partial charge in [-0.05, 0) is 37.5 Å². The van der Waals surface area contributed by atoms with Crippen molar-refractivity contribution in [1.29, 1.82) is 0 Å². The van der Waals surface area contributed by atoms with Crippen LogP contribution in [-0.2, 0) is 0 Å². The topological polar surface area (TPSA) is 0 Å². The van der Waals surface area contributed by atoms with Crippen LogP contribution < -0.4 is 0 Å². The molecular weight excluding hydrogens is 120 g/mol. The van der Waals surface area contributed by atoms with E-state index in [-0.39, 0.29) is 0 Å². The van der Waals surface area contributed by atoms with E-state index in [9.17, 15) is 0 Å². The van der Waals surface area contributed by atoms with Gasteiger partial charge in [0.05, 0.1) is 0 Å². The normalized spacial score (nSPS) is 52.0. The summed E-state index contributed by atoms with van der Waals surface area (Å²) in [6, 6.07) is 0. The van der Waals surface area contributed by atoms with Gasteiger partial charge in [-0.15, -0.1) is 0 Å². The van der Waals surface area contributed by atoms with Crippen molar-refractivity contribution in [3.05, 3.63) is 23.3 Å². The minimum atomic E-state index is 1.01. The fraction of sp³-hybridized carbons (Fsp3) is 0.600. The second-order valence-electron chi connectivity index (χ2n) is 3.86. The van der Waals surface area contributed by atoms with Gasteiger partial charge in [0.25, 0.3) is 0 Å². The zero-order chi connectivity index (χ0) is 6.55. The highest BCUT2D eigenvalue weighted by Gasteiger charge is 2.36. The quantitative estimate of drug-likeness (QED) is 0.475. The number of rotatable bonds is 0. The van der Waals surface area contributed by atoms with Crippen molar-refractivity contribution in [1.82, 2.24) is 0 Å². The number of hydrogen-bond acceptors (Lipinski definition) is 0. The van der Waals surface area contributed by atoms with Gasteiger partial charge in [0.2, 0.25) is 0 Å². The van der Waals surface area contributed by atoms with Crippen LogP contribution in [0.1, 0.15) is 25.7 Å². The lowest BCUT2D eigenvalue weighted by atomic mass is 10.1. The summed E-state index contributed by atoms with van der Waals surface area (Å²) in [6.07, 6.45) is 10.5. The van der Waals surface area contributed by atoms with Gasteiger partial charge in [0.1, 0.15) is 0 Å². The molecule has 10 heavy (non-hydrogen) atoms. The Kier molecular flexibility index (Phi) is 0.803. The molecule has 2 saturated carbocycles. The zero-order valence-corrected chi connectivity index (χ0v) is 6.14. The minimum absolute atomic E-state index is 1.01. The molecule has 2 atom stereocenters. The Morgan fingerprint density at radius 2 is 1.40 bits per heavy atom. The molecule has 0 nitrogen and oxygen atoms in total. The largest absolute Gasteiger partial charge is 0.0662 e. The second kappa shape index (κ2) is 1.55. The summed E-state index contributed by atoms with van der Waals surface area (Å²) in [5.41, 5.74) is 3.44. The molecule has 0 N–H and O–H groups in total. The van der Waals surface area contributed by atoms with E-state index in [0.717, 1.165) is 11.8 Å². The monoisotopic (exact) mass is 132 g/mol. The van der Waals surface area contributed by atoms with Gasteiger partial charge in [-0.3, -0.25) is 0 Å². The van der Waals surface area contributed by atoms with E-state index in [1.54, 1.807) is 11.1 Å². The van der Waals surface area contributed by atoms with E-state index in [2.05, 4.69) is 12.2 Å². The number of hydrogen-bond donors (Lipinski definition) is 0. The van der Waals surface area contributed by atoms with Crippen molar-refractivity contribution in [2.45, 2.75) is 25.7 Å². The highest BCUT2D eigenvalue weighted by atomic mass is 14.4. The smallest absolute Gasteiger partial charge is 0.0162 e. The average Bonchev–Trinajstić information content (AvgIpc) is 2.70. The average molecular weight is 132 g/mol. The summed E-state index contributed by atoms with van der Waals surface area (Å²) in [4.78, 5) is 0. The van der Waals surface area contributed by atoms with E-state index in [1.165, 1.54) is 25.7 Å². The molecule has 3 aliphatic carbocycles. The standard InChI is InChI=1S/C10H12/c1-2-8-6-10(8)4-3-9-5-7(1)9/h1-2,9-10H,3-6H2/b7-1-,8-2-. The van der Waals surface area contributed by atoms with Crippen LogP contribution >= 0.6 is 0 Å². The van der Waals surface area contributed by atoms with E-state index in [1.807, 2.05) is 0 Å². The summed E-state index contributed by atoms with van der Waals surface area (Å²) in [7, 11) is 0. The van der Waals surface area contributed by atoms with Gasteiger partial charge in [-0.25, -0.2) is 0 Å². The van der Waals surface area contributed by atoms with Crippen LogP contribution in [0.2, 0.25) is 0 Å². The van der Waals surface area contributed by atoms with Gasteiger partial charge in [-0.1, -0.05) is 23.3 Å². The first-order valence-electron chi connectivity index (χ1n) is 4.33. The van der Waals surface area contributed by atoms with Crippen molar-refractivity contribution in [3.63, 3.8) is 0 Å². The molecule has 52 valence electrons. The summed E-state index contributed by atoms with van der Waals surface area (Å²) in [6.45, 7) is 0. The molecule has 0 aromatic carbocycles. The summed E-state index contributed by atoms with van der Waals surface area (Å²) in [5.74, 6) is 2.02. The maximum Gasteiger partial charge on any atom is -0.0162 e. The number of fused-ring (bicyclic) bond motifs is 2. The van der Waals surface area contributed by atoms with Crippen LogP contribution in [0.3, 0.4) is 0 Å². The lowest BCUT2D eigenvalue weighted by Crippen LogP contribution is -1.81. The molecule has 2 unspecified atom stereocenters. The molecule has 3 rings (SSSR count). The van der Waals surface area contributed by atoms with Crippen LogP contribution in [0.4, 0.5) is 0 Å². The lowest BCUT2D eigenvalue weighted by molar-refractivity contribution is 0.638. The first kappa shape index (κ1) is 5.17. The molecular formula is C10H12. The second-order valence-corrected chi connectivity index (χ2v) is 3.86. The van der Waals surface area contributed by atoms with Crippen LogP contribution in [0.15, 0.2) is 23.3 Å². The third-order valence-electron chi connectivity index (χ3n) is 3.07. The fourth-order valence-corrected chi connectivity index (χ4v) is 2.05. The van der Waals surface area contributed by atoms with Crippen LogP contribution in [0.25, 0.3) is 0 Å². The van der Waals surface area contributed by atoms with E-state index < -0.39 is 0 Å². The Balaban J connectivity index is 1.92. The minimum Gasteiger partial charge on any atom is -0.0662 e. The summed E-state index contributed by atoms with van der Waals surface area (Å²) in [5, 5.41) is 0. The van der Waals surface area contributed by atoms with Crippen molar-refractivity contribution >= 4 is 0 Å². The Bertz CT molecular complexity index is 206. The molecule has 0 aliphatic heterocycles. The van der Waals surface area contributed by atoms with Gasteiger partial charge >= 0.3 is 0 Å². The highest BCUT2D eigenvalue weighted by molar-refractivity contribution is 5.36. The molecule has 0 spiro atoms. The number of allylic oxidation sites excluding steroid dienone is 4. The Hall–Kier alpha value is -0.520. The first-order valence-corrected chi connectivity index (χ1v) is 4.33. The van der Waals surface area contributed by atoms with Gasteiger partial charge in [0, 0.05) is 0 Å². The lowest BCUT2D eigenvalue weighted by Gasteiger charge is -1.94. The Morgan fingerprint density at radius 1 is 0.900 bits per heavy atom. The fourth-order valence-electron chi connectivity index (χ4n) is 2.05. The molecule has 0 amide bonds. The van der Waals surface area contributed by atoms with Crippen LogP contribution in [0, 0.1) is 11.8 Å². The molecule has 3 aliphatic rings. The molecule has 0 saturated heterocycles. The Morgan fingerprint density at radius 3 is 1.90 bits per heavy atom. The summed E-state index contributed by atoms with van der Waals surface area (Å²) >= 11 is 0. The van der Waals surface area contributed by atoms with Gasteiger partial charge in [0.15, 0.2) is 0 Å². The predicted octanol–water partition coefficient (Wildman–Crippen LogP) is 2.67. The van der Waals surface area contributed by atoms with E-state index >= 15 is 0 Å². The van der Waals surface area contributed by atoms with Crippen molar-refractivity contribution in [2.24, 2.45) is 11.8 Å². The van der Waals surface area contributed by atoms with Gasteiger partial charge < -0.3 is 0 Å². The highest BCUT2D eigenvalue weighted by Crippen LogP contribution is 2.50. The molecule has 2 fully saturated rings. The molecule has 0 radical (unpaired) electrons. The Labute approximate surface area is 61.6 Å². The van der Waals surface area contributed by atoms with Crippen LogP contribution in [0.5, 0.6) is 0 Å². The summed E-state index contributed by atoms with van der Waals surface area (Å²) < 4.78 is 0. The molecule has 0 heteroatoms. The zero-order valence-electron chi connectivity index (χ0n) is 6.14. The molecule has 0 bridgehead atoms. The SMILES string of the molecule is C1=C2/CC2CCC2C/C2=C/1. The van der Waals surface area contributed by atoms with Crippen molar-refractivity contribution in [3.8, 4) is 0 Å². The first-order chi connectivity index (χ1) is 4.93. The maximum atomic E-state index is 2.37. The van der Waals surface area contributed by atoms with E-state index in [4.69, 9.17) is 0 Å². The molecule has 0 aromatic rings. The third kappa shape index (κ3) is 0.681. The third-order valence-corrected chi connectivity index (χ3v) is 3.07. The predicted molar refractivity (Wildman–Crippen MR) is 41.6 cm³/mol. The van der Waals surface area contributed by atoms with Crippen molar-refractivity contribution in [2.75, 3.05) is 0 Å². The van der Waals surface area contributed by atoms with Crippen molar-refractivity contribution < 1.29 is 0 Å². The van der Waals surface area contributed by atoms with E-state index in [0.29, 0.717) is 0 Å².